The lowest BCUT2D eigenvalue weighted by Crippen LogP contribution is -2.30. The minimum Gasteiger partial charge on any atom is -0.508 e. The maximum absolute atomic E-state index is 11.0. The highest BCUT2D eigenvalue weighted by Gasteiger charge is 2.09. The van der Waals surface area contributed by atoms with Crippen LogP contribution in [-0.2, 0) is 4.79 Å². The van der Waals surface area contributed by atoms with Crippen molar-refractivity contribution in [2.24, 2.45) is 5.73 Å². The summed E-state index contributed by atoms with van der Waals surface area (Å²) in [6.07, 6.45) is 0. The van der Waals surface area contributed by atoms with Crippen molar-refractivity contribution in [3.63, 3.8) is 0 Å². The number of rotatable bonds is 2. The zero-order valence-corrected chi connectivity index (χ0v) is 8.45. The third-order valence-corrected chi connectivity index (χ3v) is 1.43. The number of carbonyl (C=O) groups excluding carboxylic acids is 1. The third-order valence-electron chi connectivity index (χ3n) is 1.43. The molecule has 1 atom stereocenters. The summed E-state index contributed by atoms with van der Waals surface area (Å²) in [6, 6.07) is 5.22. The van der Waals surface area contributed by atoms with Gasteiger partial charge in [0.1, 0.15) is 17.5 Å². The first-order chi connectivity index (χ1) is 6.09. The lowest BCUT2D eigenvalue weighted by atomic mass is 10.3. The fraction of sp³-hybridized carbons (Fsp3) is 0.222. The lowest BCUT2D eigenvalue weighted by Gasteiger charge is -2.05. The molecule has 0 heterocycles. The van der Waals surface area contributed by atoms with Gasteiger partial charge in [0.25, 0.3) is 0 Å². The van der Waals surface area contributed by atoms with Crippen LogP contribution in [-0.4, -0.2) is 17.1 Å². The summed E-state index contributed by atoms with van der Waals surface area (Å²) in [5, 5.41) is 8.93. The van der Waals surface area contributed by atoms with Crippen molar-refractivity contribution in [3.05, 3.63) is 24.3 Å². The number of benzene rings is 1. The van der Waals surface area contributed by atoms with E-state index in [0.29, 0.717) is 5.75 Å². The molecular formula is C9H12ClNO3. The van der Waals surface area contributed by atoms with Crippen LogP contribution in [0.15, 0.2) is 24.3 Å². The first-order valence-corrected chi connectivity index (χ1v) is 3.86. The van der Waals surface area contributed by atoms with Gasteiger partial charge < -0.3 is 15.6 Å². The Hall–Kier alpha value is -1.26. The summed E-state index contributed by atoms with van der Waals surface area (Å²) < 4.78 is 4.86. The largest absolute Gasteiger partial charge is 0.508 e. The number of aromatic hydroxyl groups is 1. The first kappa shape index (κ1) is 12.7. The van der Waals surface area contributed by atoms with E-state index in [2.05, 4.69) is 0 Å². The van der Waals surface area contributed by atoms with Crippen LogP contribution in [0.3, 0.4) is 0 Å². The molecule has 0 aliphatic heterocycles. The lowest BCUT2D eigenvalue weighted by molar-refractivity contribution is -0.135. The SMILES string of the molecule is C[C@@H](N)C(=O)Oc1ccc(O)cc1.Cl. The Labute approximate surface area is 88.1 Å². The molecular weight excluding hydrogens is 206 g/mol. The van der Waals surface area contributed by atoms with E-state index in [1.165, 1.54) is 24.3 Å². The highest BCUT2D eigenvalue weighted by Crippen LogP contribution is 2.15. The standard InChI is InChI=1S/C9H11NO3.ClH/c1-6(10)9(12)13-8-4-2-7(11)3-5-8;/h2-6,11H,10H2,1H3;1H/t6-;/m1./s1. The van der Waals surface area contributed by atoms with Gasteiger partial charge >= 0.3 is 5.97 Å². The Kier molecular flexibility index (Phi) is 4.97. The number of hydrogen-bond donors (Lipinski definition) is 2. The Morgan fingerprint density at radius 1 is 1.43 bits per heavy atom. The van der Waals surface area contributed by atoms with Crippen molar-refractivity contribution >= 4 is 18.4 Å². The summed E-state index contributed by atoms with van der Waals surface area (Å²) in [4.78, 5) is 11.0. The summed E-state index contributed by atoms with van der Waals surface area (Å²) >= 11 is 0. The molecule has 0 unspecified atom stereocenters. The molecule has 1 rings (SSSR count). The van der Waals surface area contributed by atoms with Gasteiger partial charge in [0.15, 0.2) is 0 Å². The van der Waals surface area contributed by atoms with Crippen molar-refractivity contribution in [1.29, 1.82) is 0 Å². The molecule has 0 amide bonds. The van der Waals surface area contributed by atoms with Crippen LogP contribution < -0.4 is 10.5 Å². The van der Waals surface area contributed by atoms with Crippen LogP contribution >= 0.6 is 12.4 Å². The van der Waals surface area contributed by atoms with Crippen molar-refractivity contribution in [3.8, 4) is 11.5 Å². The van der Waals surface area contributed by atoms with Crippen LogP contribution in [0.5, 0.6) is 11.5 Å². The molecule has 0 spiro atoms. The molecule has 0 fully saturated rings. The molecule has 0 bridgehead atoms. The zero-order chi connectivity index (χ0) is 9.84. The van der Waals surface area contributed by atoms with E-state index < -0.39 is 12.0 Å². The van der Waals surface area contributed by atoms with E-state index in [-0.39, 0.29) is 18.2 Å². The van der Waals surface area contributed by atoms with E-state index in [1.54, 1.807) is 6.92 Å². The Morgan fingerprint density at radius 3 is 2.36 bits per heavy atom. The maximum Gasteiger partial charge on any atom is 0.328 e. The molecule has 1 aromatic carbocycles. The fourth-order valence-corrected chi connectivity index (χ4v) is 0.723. The van der Waals surface area contributed by atoms with Crippen molar-refractivity contribution in [2.45, 2.75) is 13.0 Å². The minimum atomic E-state index is -0.645. The van der Waals surface area contributed by atoms with E-state index in [0.717, 1.165) is 0 Å². The number of phenols is 1. The summed E-state index contributed by atoms with van der Waals surface area (Å²) in [7, 11) is 0. The molecule has 78 valence electrons. The number of nitrogens with two attached hydrogens (primary N) is 1. The normalized spacial score (nSPS) is 11.3. The smallest absolute Gasteiger partial charge is 0.328 e. The number of esters is 1. The van der Waals surface area contributed by atoms with Crippen molar-refractivity contribution in [2.75, 3.05) is 0 Å². The van der Waals surface area contributed by atoms with Gasteiger partial charge in [0.2, 0.25) is 0 Å². The molecule has 1 aromatic rings. The van der Waals surface area contributed by atoms with E-state index >= 15 is 0 Å². The van der Waals surface area contributed by atoms with Gasteiger partial charge in [0.05, 0.1) is 0 Å². The van der Waals surface area contributed by atoms with Crippen molar-refractivity contribution < 1.29 is 14.6 Å². The van der Waals surface area contributed by atoms with Gasteiger partial charge in [-0.2, -0.15) is 0 Å². The molecule has 0 radical (unpaired) electrons. The third kappa shape index (κ3) is 3.64. The Bertz CT molecular complexity index is 297. The average molecular weight is 218 g/mol. The van der Waals surface area contributed by atoms with Gasteiger partial charge in [-0.15, -0.1) is 12.4 Å². The van der Waals surface area contributed by atoms with E-state index in [1.807, 2.05) is 0 Å². The quantitative estimate of drug-likeness (QED) is 0.574. The van der Waals surface area contributed by atoms with Crippen LogP contribution in [0.2, 0.25) is 0 Å². The second-order valence-corrected chi connectivity index (χ2v) is 2.70. The predicted octanol–water partition coefficient (Wildman–Crippen LogP) is 1.07. The molecule has 0 saturated heterocycles. The van der Waals surface area contributed by atoms with Gasteiger partial charge in [-0.05, 0) is 31.2 Å². The van der Waals surface area contributed by atoms with Crippen molar-refractivity contribution in [1.82, 2.24) is 0 Å². The van der Waals surface area contributed by atoms with Crippen LogP contribution in [0.1, 0.15) is 6.92 Å². The zero-order valence-electron chi connectivity index (χ0n) is 7.64. The summed E-state index contributed by atoms with van der Waals surface area (Å²) in [5.41, 5.74) is 5.29. The van der Waals surface area contributed by atoms with Gasteiger partial charge in [-0.1, -0.05) is 0 Å². The molecule has 3 N–H and O–H groups in total. The first-order valence-electron chi connectivity index (χ1n) is 3.86. The monoisotopic (exact) mass is 217 g/mol. The molecule has 5 heteroatoms. The van der Waals surface area contributed by atoms with Crippen LogP contribution in [0.4, 0.5) is 0 Å². The molecule has 0 aliphatic carbocycles. The fourth-order valence-electron chi connectivity index (χ4n) is 0.723. The second-order valence-electron chi connectivity index (χ2n) is 2.70. The number of hydrogen-bond acceptors (Lipinski definition) is 4. The van der Waals surface area contributed by atoms with Crippen LogP contribution in [0, 0.1) is 0 Å². The highest BCUT2D eigenvalue weighted by molar-refractivity contribution is 5.85. The maximum atomic E-state index is 11.0. The molecule has 0 aliphatic rings. The summed E-state index contributed by atoms with van der Waals surface area (Å²) in [5.74, 6) is 0.00591. The predicted molar refractivity (Wildman–Crippen MR) is 54.6 cm³/mol. The molecule has 0 saturated carbocycles. The highest BCUT2D eigenvalue weighted by atomic mass is 35.5. The minimum absolute atomic E-state index is 0. The number of phenolic OH excluding ortho intramolecular Hbond substituents is 1. The number of halogens is 1. The molecule has 4 nitrogen and oxygen atoms in total. The summed E-state index contributed by atoms with van der Waals surface area (Å²) in [6.45, 7) is 1.54. The van der Waals surface area contributed by atoms with Gasteiger partial charge in [-0.3, -0.25) is 0 Å². The molecule has 14 heavy (non-hydrogen) atoms. The van der Waals surface area contributed by atoms with Gasteiger partial charge in [-0.25, -0.2) is 4.79 Å². The number of carbonyl (C=O) groups is 1. The van der Waals surface area contributed by atoms with E-state index in [9.17, 15) is 4.79 Å². The average Bonchev–Trinajstić information content (AvgIpc) is 2.08. The Balaban J connectivity index is 0.00000169. The van der Waals surface area contributed by atoms with Gasteiger partial charge in [0, 0.05) is 0 Å². The molecule has 0 aromatic heterocycles. The van der Waals surface area contributed by atoms with Crippen LogP contribution in [0.25, 0.3) is 0 Å². The second kappa shape index (κ2) is 5.47. The topological polar surface area (TPSA) is 72.6 Å². The number of ether oxygens (including phenoxy) is 1. The Morgan fingerprint density at radius 2 is 1.93 bits per heavy atom. The van der Waals surface area contributed by atoms with E-state index in [4.69, 9.17) is 15.6 Å².